The molecule has 2 aromatic rings. The van der Waals surface area contributed by atoms with E-state index in [0.29, 0.717) is 0 Å². The topological polar surface area (TPSA) is 22.1 Å². The summed E-state index contributed by atoms with van der Waals surface area (Å²) >= 11 is 0. The third kappa shape index (κ3) is 2.72. The molecule has 1 unspecified atom stereocenters. The quantitative estimate of drug-likeness (QED) is 0.670. The zero-order valence-corrected chi connectivity index (χ0v) is 15.4. The number of hydrogen-bond donors (Lipinski definition) is 0. The Morgan fingerprint density at radius 2 is 1.91 bits per heavy atom. The average molecular weight is 314 g/mol. The number of nitrogens with zero attached hydrogens (tertiary/aromatic N) is 1. The molecule has 0 saturated carbocycles. The van der Waals surface area contributed by atoms with Crippen LogP contribution in [0.4, 0.5) is 0 Å². The molecule has 0 N–H and O–H groups in total. The van der Waals surface area contributed by atoms with Gasteiger partial charge in [-0.2, -0.15) is 0 Å². The zero-order valence-electron chi connectivity index (χ0n) is 14.4. The number of para-hydroxylation sites is 1. The van der Waals surface area contributed by atoms with Crippen LogP contribution in [0.2, 0.25) is 18.1 Å². The molecule has 0 bridgehead atoms. The molecule has 1 aromatic heterocycles. The van der Waals surface area contributed by atoms with Gasteiger partial charge in [-0.05, 0) is 54.6 Å². The molecule has 0 radical (unpaired) electrons. The van der Waals surface area contributed by atoms with Crippen LogP contribution >= 0.6 is 0 Å². The predicted molar refractivity (Wildman–Crippen MR) is 95.7 cm³/mol. The van der Waals surface area contributed by atoms with Crippen molar-refractivity contribution in [1.82, 2.24) is 4.98 Å². The molecule has 0 aliphatic heterocycles. The van der Waals surface area contributed by atoms with Crippen LogP contribution in [0.1, 0.15) is 50.8 Å². The summed E-state index contributed by atoms with van der Waals surface area (Å²) in [6.45, 7) is 11.6. The highest BCUT2D eigenvalue weighted by atomic mass is 28.4. The van der Waals surface area contributed by atoms with E-state index < -0.39 is 8.32 Å². The van der Waals surface area contributed by atoms with Crippen molar-refractivity contribution in [2.24, 2.45) is 0 Å². The van der Waals surface area contributed by atoms with Gasteiger partial charge in [0.25, 0.3) is 0 Å². The standard InChI is InChI=1S/C19H27NOSi/c1-19(2,3)22(4,5)21-17-12-8-9-14-13-20-16-11-7-6-10-15(16)18(14)17/h6-7,10-11,13,17H,8-9,12H2,1-5H3. The van der Waals surface area contributed by atoms with Gasteiger partial charge in [-0.3, -0.25) is 4.98 Å². The van der Waals surface area contributed by atoms with E-state index in [4.69, 9.17) is 4.43 Å². The molecule has 1 heterocycles. The van der Waals surface area contributed by atoms with Gasteiger partial charge in [-0.15, -0.1) is 0 Å². The summed E-state index contributed by atoms with van der Waals surface area (Å²) in [4.78, 5) is 4.63. The molecule has 1 aliphatic rings. The van der Waals surface area contributed by atoms with E-state index in [9.17, 15) is 0 Å². The lowest BCUT2D eigenvalue weighted by Gasteiger charge is -2.41. The second kappa shape index (κ2) is 5.46. The first kappa shape index (κ1) is 15.7. The van der Waals surface area contributed by atoms with Crippen molar-refractivity contribution in [2.75, 3.05) is 0 Å². The van der Waals surface area contributed by atoms with E-state index in [1.807, 2.05) is 0 Å². The number of fused-ring (bicyclic) bond motifs is 3. The molecule has 0 spiro atoms. The Balaban J connectivity index is 2.06. The summed E-state index contributed by atoms with van der Waals surface area (Å²) in [5.41, 5.74) is 3.88. The van der Waals surface area contributed by atoms with Gasteiger partial charge in [0.2, 0.25) is 0 Å². The van der Waals surface area contributed by atoms with Crippen LogP contribution < -0.4 is 0 Å². The van der Waals surface area contributed by atoms with Crippen LogP contribution in [0, 0.1) is 0 Å². The molecule has 1 aromatic carbocycles. The SMILES string of the molecule is CC(C)(C)[Si](C)(C)OC1CCCc2cnc3ccccc3c21. The molecule has 3 heteroatoms. The molecule has 3 rings (SSSR count). The fourth-order valence-corrected chi connectivity index (χ4v) is 4.36. The molecule has 22 heavy (non-hydrogen) atoms. The number of pyridine rings is 1. The highest BCUT2D eigenvalue weighted by Gasteiger charge is 2.40. The molecule has 1 atom stereocenters. The van der Waals surface area contributed by atoms with Gasteiger partial charge >= 0.3 is 0 Å². The summed E-state index contributed by atoms with van der Waals surface area (Å²) in [7, 11) is -1.77. The smallest absolute Gasteiger partial charge is 0.192 e. The molecule has 0 saturated heterocycles. The van der Waals surface area contributed by atoms with Crippen molar-refractivity contribution in [3.05, 3.63) is 41.6 Å². The molecule has 0 amide bonds. The minimum atomic E-state index is -1.77. The molecule has 0 fully saturated rings. The van der Waals surface area contributed by atoms with Crippen molar-refractivity contribution >= 4 is 19.2 Å². The van der Waals surface area contributed by atoms with E-state index in [-0.39, 0.29) is 11.1 Å². The first-order chi connectivity index (χ1) is 10.3. The number of rotatable bonds is 2. The first-order valence-electron chi connectivity index (χ1n) is 8.34. The van der Waals surface area contributed by atoms with Crippen molar-refractivity contribution in [3.63, 3.8) is 0 Å². The Kier molecular flexibility index (Phi) is 3.90. The summed E-state index contributed by atoms with van der Waals surface area (Å²) in [5, 5.41) is 1.52. The van der Waals surface area contributed by atoms with E-state index in [1.165, 1.54) is 22.9 Å². The van der Waals surface area contributed by atoms with Gasteiger partial charge in [0.15, 0.2) is 8.32 Å². The summed E-state index contributed by atoms with van der Waals surface area (Å²) < 4.78 is 6.79. The highest BCUT2D eigenvalue weighted by Crippen LogP contribution is 2.44. The van der Waals surface area contributed by atoms with Crippen LogP contribution in [-0.4, -0.2) is 13.3 Å². The Labute approximate surface area is 135 Å². The van der Waals surface area contributed by atoms with E-state index in [1.54, 1.807) is 0 Å². The number of benzene rings is 1. The van der Waals surface area contributed by atoms with Crippen LogP contribution in [0.3, 0.4) is 0 Å². The van der Waals surface area contributed by atoms with Gasteiger partial charge in [0, 0.05) is 11.6 Å². The Morgan fingerprint density at radius 3 is 2.64 bits per heavy atom. The van der Waals surface area contributed by atoms with Crippen LogP contribution in [0.15, 0.2) is 30.5 Å². The summed E-state index contributed by atoms with van der Waals surface area (Å²) in [6.07, 6.45) is 5.76. The highest BCUT2D eigenvalue weighted by molar-refractivity contribution is 6.74. The first-order valence-corrected chi connectivity index (χ1v) is 11.2. The zero-order chi connectivity index (χ0) is 16.0. The van der Waals surface area contributed by atoms with Gasteiger partial charge < -0.3 is 4.43 Å². The largest absolute Gasteiger partial charge is 0.410 e. The molecule has 1 aliphatic carbocycles. The third-order valence-corrected chi connectivity index (χ3v) is 9.86. The number of aryl methyl sites for hydroxylation is 1. The summed E-state index contributed by atoms with van der Waals surface area (Å²) in [6, 6.07) is 8.48. The fraction of sp³-hybridized carbons (Fsp3) is 0.526. The van der Waals surface area contributed by atoms with Crippen molar-refractivity contribution in [3.8, 4) is 0 Å². The maximum absolute atomic E-state index is 6.79. The lowest BCUT2D eigenvalue weighted by Crippen LogP contribution is -2.42. The van der Waals surface area contributed by atoms with E-state index >= 15 is 0 Å². The predicted octanol–water partition coefficient (Wildman–Crippen LogP) is 5.63. The second-order valence-corrected chi connectivity index (χ2v) is 12.7. The van der Waals surface area contributed by atoms with E-state index in [2.05, 4.69) is 69.3 Å². The van der Waals surface area contributed by atoms with Crippen LogP contribution in [-0.2, 0) is 10.8 Å². The Bertz CT molecular complexity index is 687. The maximum atomic E-state index is 6.79. The normalized spacial score (nSPS) is 19.2. The molecule has 118 valence electrons. The fourth-order valence-electron chi connectivity index (χ4n) is 3.06. The van der Waals surface area contributed by atoms with Crippen molar-refractivity contribution in [1.29, 1.82) is 0 Å². The lowest BCUT2D eigenvalue weighted by atomic mass is 9.88. The molecule has 2 nitrogen and oxygen atoms in total. The van der Waals surface area contributed by atoms with Crippen LogP contribution in [0.5, 0.6) is 0 Å². The number of hydrogen-bond acceptors (Lipinski definition) is 2. The lowest BCUT2D eigenvalue weighted by molar-refractivity contribution is 0.164. The average Bonchev–Trinajstić information content (AvgIpc) is 2.45. The third-order valence-electron chi connectivity index (χ3n) is 5.38. The summed E-state index contributed by atoms with van der Waals surface area (Å²) in [5.74, 6) is 0. The second-order valence-electron chi connectivity index (χ2n) is 7.97. The van der Waals surface area contributed by atoms with E-state index in [0.717, 1.165) is 18.4 Å². The minimum Gasteiger partial charge on any atom is -0.410 e. The van der Waals surface area contributed by atoms with Gasteiger partial charge in [-0.25, -0.2) is 0 Å². The van der Waals surface area contributed by atoms with Crippen LogP contribution in [0.25, 0.3) is 10.9 Å². The maximum Gasteiger partial charge on any atom is 0.192 e. The van der Waals surface area contributed by atoms with Gasteiger partial charge in [0.05, 0.1) is 11.6 Å². The Morgan fingerprint density at radius 1 is 1.18 bits per heavy atom. The molecular formula is C19H27NOSi. The van der Waals surface area contributed by atoms with Crippen molar-refractivity contribution < 1.29 is 4.43 Å². The van der Waals surface area contributed by atoms with Gasteiger partial charge in [0.1, 0.15) is 0 Å². The number of aromatic nitrogens is 1. The minimum absolute atomic E-state index is 0.234. The van der Waals surface area contributed by atoms with Crippen molar-refractivity contribution in [2.45, 2.75) is 64.3 Å². The molecular weight excluding hydrogens is 286 g/mol. The Hall–Kier alpha value is -1.19. The van der Waals surface area contributed by atoms with Gasteiger partial charge in [-0.1, -0.05) is 39.0 Å². The monoisotopic (exact) mass is 313 g/mol.